The molecule has 0 amide bonds. The molecule has 2 aliphatic rings. The van der Waals surface area contributed by atoms with Crippen molar-refractivity contribution in [3.63, 3.8) is 0 Å². The Hall–Kier alpha value is -1.52. The van der Waals surface area contributed by atoms with Crippen molar-refractivity contribution in [2.24, 2.45) is 5.92 Å². The van der Waals surface area contributed by atoms with Crippen molar-refractivity contribution in [3.05, 3.63) is 42.1 Å². The minimum Gasteiger partial charge on any atom is -0.497 e. The number of ether oxygens (including phenoxy) is 2. The second-order valence-electron chi connectivity index (χ2n) is 6.14. The summed E-state index contributed by atoms with van der Waals surface area (Å²) in [7, 11) is 1.69. The highest BCUT2D eigenvalue weighted by atomic mass is 16.5. The van der Waals surface area contributed by atoms with Crippen LogP contribution in [0.4, 0.5) is 0 Å². The van der Waals surface area contributed by atoms with Crippen LogP contribution in [0.25, 0.3) is 0 Å². The van der Waals surface area contributed by atoms with Gasteiger partial charge in [-0.2, -0.15) is 0 Å². The highest BCUT2D eigenvalue weighted by Gasteiger charge is 2.37. The lowest BCUT2D eigenvalue weighted by atomic mass is 10.0. The van der Waals surface area contributed by atoms with Gasteiger partial charge in [-0.1, -0.05) is 31.6 Å². The third-order valence-electron chi connectivity index (χ3n) is 4.80. The van der Waals surface area contributed by atoms with E-state index in [1.165, 1.54) is 12.0 Å². The Morgan fingerprint density at radius 1 is 1.23 bits per heavy atom. The Labute approximate surface area is 133 Å². The largest absolute Gasteiger partial charge is 0.497 e. The molecule has 120 valence electrons. The number of rotatable bonds is 6. The Morgan fingerprint density at radius 2 is 2.05 bits per heavy atom. The number of hydrazine groups is 1. The van der Waals surface area contributed by atoms with Gasteiger partial charge in [-0.25, -0.2) is 5.43 Å². The Bertz CT molecular complexity index is 500. The highest BCUT2D eigenvalue weighted by molar-refractivity contribution is 5.26. The van der Waals surface area contributed by atoms with Crippen LogP contribution in [0, 0.1) is 5.92 Å². The zero-order chi connectivity index (χ0) is 15.4. The lowest BCUT2D eigenvalue weighted by Crippen LogP contribution is -2.40. The molecule has 1 heterocycles. The molecule has 1 aromatic carbocycles. The van der Waals surface area contributed by atoms with Crippen LogP contribution in [-0.4, -0.2) is 30.8 Å². The Morgan fingerprint density at radius 3 is 2.68 bits per heavy atom. The minimum atomic E-state index is 0.354. The summed E-state index contributed by atoms with van der Waals surface area (Å²) in [5.41, 5.74) is 4.63. The van der Waals surface area contributed by atoms with Gasteiger partial charge in [-0.15, -0.1) is 0 Å². The van der Waals surface area contributed by atoms with E-state index in [2.05, 4.69) is 41.8 Å². The molecular weight excluding hydrogens is 276 g/mol. The quantitative estimate of drug-likeness (QED) is 0.875. The summed E-state index contributed by atoms with van der Waals surface area (Å²) in [5, 5.41) is 2.28. The molecule has 0 spiro atoms. The van der Waals surface area contributed by atoms with E-state index >= 15 is 0 Å². The first kappa shape index (κ1) is 15.4. The molecule has 1 aliphatic heterocycles. The van der Waals surface area contributed by atoms with Gasteiger partial charge in [-0.05, 0) is 36.5 Å². The van der Waals surface area contributed by atoms with Gasteiger partial charge < -0.3 is 14.5 Å². The molecule has 1 saturated carbocycles. The lowest BCUT2D eigenvalue weighted by Gasteiger charge is -2.28. The van der Waals surface area contributed by atoms with Gasteiger partial charge in [0.2, 0.25) is 0 Å². The summed E-state index contributed by atoms with van der Waals surface area (Å²) in [4.78, 5) is 0. The first-order valence-electron chi connectivity index (χ1n) is 8.23. The van der Waals surface area contributed by atoms with Gasteiger partial charge in [0.1, 0.15) is 5.75 Å². The first-order valence-corrected chi connectivity index (χ1v) is 8.23. The number of methoxy groups -OCH3 is 1. The standard InChI is InChI=1S/C18H26N2O2/c1-3-15-11-17(12-18(15)20-10-4-9-19-20)22-13-14-5-7-16(21-2)8-6-14/h4-8,10,15,17-19H,3,9,11-13H2,1-2H3/t15-,17+,18-/m1/s1. The van der Waals surface area contributed by atoms with Crippen LogP contribution >= 0.6 is 0 Å². The summed E-state index contributed by atoms with van der Waals surface area (Å²) in [6, 6.07) is 8.69. The van der Waals surface area contributed by atoms with E-state index in [1.807, 2.05) is 12.1 Å². The molecule has 0 radical (unpaired) electrons. The van der Waals surface area contributed by atoms with E-state index in [9.17, 15) is 0 Å². The predicted molar refractivity (Wildman–Crippen MR) is 87.4 cm³/mol. The third-order valence-corrected chi connectivity index (χ3v) is 4.80. The fourth-order valence-electron chi connectivity index (χ4n) is 3.51. The van der Waals surface area contributed by atoms with Crippen molar-refractivity contribution in [3.8, 4) is 5.75 Å². The molecule has 3 rings (SSSR count). The van der Waals surface area contributed by atoms with Crippen LogP contribution in [0.5, 0.6) is 5.75 Å². The molecule has 1 fully saturated rings. The monoisotopic (exact) mass is 302 g/mol. The maximum Gasteiger partial charge on any atom is 0.118 e. The molecule has 1 aliphatic carbocycles. The smallest absolute Gasteiger partial charge is 0.118 e. The van der Waals surface area contributed by atoms with Gasteiger partial charge in [0.25, 0.3) is 0 Å². The average molecular weight is 302 g/mol. The molecule has 0 unspecified atom stereocenters. The van der Waals surface area contributed by atoms with Crippen LogP contribution in [0.15, 0.2) is 36.5 Å². The van der Waals surface area contributed by atoms with E-state index in [1.54, 1.807) is 7.11 Å². The van der Waals surface area contributed by atoms with Crippen LogP contribution in [0.2, 0.25) is 0 Å². The maximum atomic E-state index is 6.17. The topological polar surface area (TPSA) is 33.7 Å². The SMILES string of the molecule is CC[C@@H]1C[C@H](OCc2ccc(OC)cc2)C[C@H]1N1C=CCN1. The molecule has 4 nitrogen and oxygen atoms in total. The number of nitrogens with zero attached hydrogens (tertiary/aromatic N) is 1. The van der Waals surface area contributed by atoms with E-state index < -0.39 is 0 Å². The first-order chi connectivity index (χ1) is 10.8. The van der Waals surface area contributed by atoms with Crippen LogP contribution < -0.4 is 10.2 Å². The zero-order valence-corrected chi connectivity index (χ0v) is 13.5. The highest BCUT2D eigenvalue weighted by Crippen LogP contribution is 2.34. The maximum absolute atomic E-state index is 6.17. The molecule has 1 aromatic rings. The predicted octanol–water partition coefficient (Wildman–Crippen LogP) is 3.10. The van der Waals surface area contributed by atoms with Gasteiger partial charge >= 0.3 is 0 Å². The van der Waals surface area contributed by atoms with Crippen molar-refractivity contribution in [1.29, 1.82) is 0 Å². The Kier molecular flexibility index (Phi) is 5.01. The summed E-state index contributed by atoms with van der Waals surface area (Å²) in [6.07, 6.45) is 8.18. The molecule has 22 heavy (non-hydrogen) atoms. The average Bonchev–Trinajstić information content (AvgIpc) is 3.22. The van der Waals surface area contributed by atoms with Crippen LogP contribution in [-0.2, 0) is 11.3 Å². The number of benzene rings is 1. The summed E-state index contributed by atoms with van der Waals surface area (Å²) in [6.45, 7) is 3.91. The summed E-state index contributed by atoms with van der Waals surface area (Å²) in [5.74, 6) is 1.60. The van der Waals surface area contributed by atoms with Crippen molar-refractivity contribution in [2.45, 2.75) is 44.9 Å². The number of nitrogens with one attached hydrogen (secondary N) is 1. The minimum absolute atomic E-state index is 0.354. The van der Waals surface area contributed by atoms with Gasteiger partial charge in [0.15, 0.2) is 0 Å². The molecular formula is C18H26N2O2. The fraction of sp³-hybridized carbons (Fsp3) is 0.556. The molecule has 0 bridgehead atoms. The molecule has 0 aromatic heterocycles. The van der Waals surface area contributed by atoms with Crippen molar-refractivity contribution < 1.29 is 9.47 Å². The van der Waals surface area contributed by atoms with Gasteiger partial charge in [-0.3, -0.25) is 0 Å². The van der Waals surface area contributed by atoms with Crippen molar-refractivity contribution >= 4 is 0 Å². The number of hydrogen-bond donors (Lipinski definition) is 1. The molecule has 0 saturated heterocycles. The van der Waals surface area contributed by atoms with Crippen molar-refractivity contribution in [1.82, 2.24) is 10.4 Å². The summed E-state index contributed by atoms with van der Waals surface area (Å²) < 4.78 is 11.4. The van der Waals surface area contributed by atoms with Crippen LogP contribution in [0.3, 0.4) is 0 Å². The van der Waals surface area contributed by atoms with Crippen LogP contribution in [0.1, 0.15) is 31.7 Å². The third kappa shape index (κ3) is 3.45. The fourth-order valence-corrected chi connectivity index (χ4v) is 3.51. The second kappa shape index (κ2) is 7.16. The van der Waals surface area contributed by atoms with E-state index in [4.69, 9.17) is 9.47 Å². The van der Waals surface area contributed by atoms with Gasteiger partial charge in [0, 0.05) is 12.7 Å². The molecule has 3 atom stereocenters. The Balaban J connectivity index is 1.53. The zero-order valence-electron chi connectivity index (χ0n) is 13.5. The van der Waals surface area contributed by atoms with E-state index in [0.29, 0.717) is 24.7 Å². The van der Waals surface area contributed by atoms with Crippen molar-refractivity contribution in [2.75, 3.05) is 13.7 Å². The summed E-state index contributed by atoms with van der Waals surface area (Å²) >= 11 is 0. The van der Waals surface area contributed by atoms with E-state index in [0.717, 1.165) is 25.1 Å². The normalized spacial score (nSPS) is 27.5. The molecule has 4 heteroatoms. The molecule has 1 N–H and O–H groups in total. The number of hydrogen-bond acceptors (Lipinski definition) is 4. The van der Waals surface area contributed by atoms with E-state index in [-0.39, 0.29) is 0 Å². The van der Waals surface area contributed by atoms with Gasteiger partial charge in [0.05, 0.1) is 25.9 Å². The lowest BCUT2D eigenvalue weighted by molar-refractivity contribution is 0.0392. The second-order valence-corrected chi connectivity index (χ2v) is 6.14.